The smallest absolute Gasteiger partial charge is 0.282 e. The van der Waals surface area contributed by atoms with Crippen molar-refractivity contribution >= 4 is 40.4 Å². The summed E-state index contributed by atoms with van der Waals surface area (Å²) in [6.07, 6.45) is 0. The molecule has 0 aliphatic carbocycles. The quantitative estimate of drug-likeness (QED) is 0.499. The number of ether oxygens (including phenoxy) is 2. The van der Waals surface area contributed by atoms with Crippen LogP contribution in [0.1, 0.15) is 16.7 Å². The van der Waals surface area contributed by atoms with Gasteiger partial charge >= 0.3 is 0 Å². The third kappa shape index (κ3) is 4.05. The fourth-order valence-corrected chi connectivity index (χ4v) is 3.97. The second-order valence-corrected chi connectivity index (χ2v) is 8.07. The number of rotatable bonds is 6. The van der Waals surface area contributed by atoms with Gasteiger partial charge in [0.25, 0.3) is 11.8 Å². The van der Waals surface area contributed by atoms with Crippen LogP contribution in [0.25, 0.3) is 5.57 Å². The third-order valence-corrected chi connectivity index (χ3v) is 5.81. The Morgan fingerprint density at radius 1 is 0.818 bits per heavy atom. The number of hydrogen-bond acceptors (Lipinski definition) is 5. The highest BCUT2D eigenvalue weighted by molar-refractivity contribution is 6.46. The molecule has 0 radical (unpaired) electrons. The topological polar surface area (TPSA) is 67.9 Å². The second kappa shape index (κ2) is 9.00. The van der Waals surface area contributed by atoms with Gasteiger partial charge in [0.2, 0.25) is 0 Å². The predicted octanol–water partition coefficient (Wildman–Crippen LogP) is 5.37. The molecule has 0 atom stereocenters. The van der Waals surface area contributed by atoms with Crippen molar-refractivity contribution in [2.45, 2.75) is 13.8 Å². The predicted molar refractivity (Wildman–Crippen MR) is 130 cm³/mol. The number of halogens is 1. The summed E-state index contributed by atoms with van der Waals surface area (Å²) in [5.74, 6) is 0.104. The molecule has 0 aromatic heterocycles. The highest BCUT2D eigenvalue weighted by Crippen LogP contribution is 2.38. The molecule has 1 aliphatic rings. The molecule has 0 fully saturated rings. The minimum absolute atomic E-state index is 0.167. The van der Waals surface area contributed by atoms with E-state index in [9.17, 15) is 9.59 Å². The number of anilines is 2. The molecular weight excluding hydrogens is 440 g/mol. The van der Waals surface area contributed by atoms with Crippen LogP contribution in [0.3, 0.4) is 0 Å². The van der Waals surface area contributed by atoms with Crippen molar-refractivity contribution in [3.05, 3.63) is 88.1 Å². The zero-order chi connectivity index (χ0) is 23.7. The number of methoxy groups -OCH3 is 2. The van der Waals surface area contributed by atoms with E-state index in [0.717, 1.165) is 11.1 Å². The number of carbonyl (C=O) groups is 2. The van der Waals surface area contributed by atoms with Gasteiger partial charge in [-0.25, -0.2) is 4.90 Å². The van der Waals surface area contributed by atoms with Crippen LogP contribution in [-0.4, -0.2) is 26.0 Å². The van der Waals surface area contributed by atoms with Gasteiger partial charge in [0, 0.05) is 10.7 Å². The van der Waals surface area contributed by atoms with Crippen LogP contribution in [0.2, 0.25) is 5.02 Å². The molecule has 1 aliphatic heterocycles. The average molecular weight is 463 g/mol. The lowest BCUT2D eigenvalue weighted by Crippen LogP contribution is -2.33. The number of imide groups is 1. The number of hydrogen-bond donors (Lipinski definition) is 1. The normalized spacial score (nSPS) is 13.5. The van der Waals surface area contributed by atoms with Crippen LogP contribution in [0.15, 0.2) is 66.4 Å². The van der Waals surface area contributed by atoms with Crippen molar-refractivity contribution in [2.24, 2.45) is 0 Å². The standard InChI is InChI=1S/C26H23ClN2O4/c1-15-9-11-18(27)14-19(15)28-24-23(17-10-12-21(32-3)22(13-17)33-4)25(30)29(26(24)31)20-8-6-5-7-16(20)2/h5-14,28H,1-4H3. The first-order chi connectivity index (χ1) is 15.8. The van der Waals surface area contributed by atoms with E-state index >= 15 is 0 Å². The first kappa shape index (κ1) is 22.4. The Balaban J connectivity index is 1.90. The summed E-state index contributed by atoms with van der Waals surface area (Å²) in [5.41, 5.74) is 3.81. The zero-order valence-electron chi connectivity index (χ0n) is 18.7. The van der Waals surface area contributed by atoms with Crippen molar-refractivity contribution in [1.82, 2.24) is 0 Å². The molecule has 3 aromatic rings. The fourth-order valence-electron chi connectivity index (χ4n) is 3.80. The van der Waals surface area contributed by atoms with Crippen molar-refractivity contribution < 1.29 is 19.1 Å². The molecule has 1 N–H and O–H groups in total. The van der Waals surface area contributed by atoms with Crippen LogP contribution in [0.5, 0.6) is 11.5 Å². The Hall–Kier alpha value is -3.77. The number of para-hydroxylation sites is 1. The van der Waals surface area contributed by atoms with E-state index in [-0.39, 0.29) is 11.3 Å². The van der Waals surface area contributed by atoms with Gasteiger partial charge in [-0.15, -0.1) is 0 Å². The van der Waals surface area contributed by atoms with Crippen molar-refractivity contribution in [2.75, 3.05) is 24.4 Å². The molecule has 0 spiro atoms. The maximum Gasteiger partial charge on any atom is 0.282 e. The molecule has 33 heavy (non-hydrogen) atoms. The molecule has 3 aromatic carbocycles. The van der Waals surface area contributed by atoms with E-state index in [2.05, 4.69) is 5.32 Å². The van der Waals surface area contributed by atoms with E-state index < -0.39 is 11.8 Å². The van der Waals surface area contributed by atoms with Crippen LogP contribution in [0.4, 0.5) is 11.4 Å². The maximum absolute atomic E-state index is 13.7. The summed E-state index contributed by atoms with van der Waals surface area (Å²) < 4.78 is 10.7. The van der Waals surface area contributed by atoms with Gasteiger partial charge in [-0.1, -0.05) is 41.9 Å². The number of carbonyl (C=O) groups excluding carboxylic acids is 2. The Kier molecular flexibility index (Phi) is 6.11. The zero-order valence-corrected chi connectivity index (χ0v) is 19.5. The minimum Gasteiger partial charge on any atom is -0.493 e. The average Bonchev–Trinajstić information content (AvgIpc) is 3.05. The summed E-state index contributed by atoms with van der Waals surface area (Å²) in [5, 5.41) is 3.69. The van der Waals surface area contributed by atoms with E-state index in [1.54, 1.807) is 42.5 Å². The summed E-state index contributed by atoms with van der Waals surface area (Å²) >= 11 is 6.19. The molecule has 7 heteroatoms. The van der Waals surface area contributed by atoms with Gasteiger partial charge in [-0.05, 0) is 60.9 Å². The Labute approximate surface area is 197 Å². The molecule has 0 saturated heterocycles. The molecular formula is C26H23ClN2O4. The van der Waals surface area contributed by atoms with E-state index in [1.165, 1.54) is 19.1 Å². The SMILES string of the molecule is COc1ccc(C2=C(Nc3cc(Cl)ccc3C)C(=O)N(c3ccccc3C)C2=O)cc1OC. The number of benzene rings is 3. The highest BCUT2D eigenvalue weighted by Gasteiger charge is 2.41. The van der Waals surface area contributed by atoms with Crippen molar-refractivity contribution in [3.8, 4) is 11.5 Å². The monoisotopic (exact) mass is 462 g/mol. The van der Waals surface area contributed by atoms with Gasteiger partial charge in [-0.2, -0.15) is 0 Å². The van der Waals surface area contributed by atoms with Gasteiger partial charge < -0.3 is 14.8 Å². The van der Waals surface area contributed by atoms with E-state index in [0.29, 0.717) is 33.5 Å². The summed E-state index contributed by atoms with van der Waals surface area (Å²) in [7, 11) is 3.06. The number of aryl methyl sites for hydroxylation is 2. The summed E-state index contributed by atoms with van der Waals surface area (Å²) in [6, 6.07) is 17.7. The number of nitrogens with one attached hydrogen (secondary N) is 1. The van der Waals surface area contributed by atoms with Gasteiger partial charge in [-0.3, -0.25) is 9.59 Å². The molecule has 2 amide bonds. The highest BCUT2D eigenvalue weighted by atomic mass is 35.5. The molecule has 0 unspecified atom stereocenters. The third-order valence-electron chi connectivity index (χ3n) is 5.57. The lowest BCUT2D eigenvalue weighted by atomic mass is 10.0. The Morgan fingerprint density at radius 3 is 2.24 bits per heavy atom. The lowest BCUT2D eigenvalue weighted by Gasteiger charge is -2.18. The second-order valence-electron chi connectivity index (χ2n) is 7.64. The molecule has 1 heterocycles. The fraction of sp³-hybridized carbons (Fsp3) is 0.154. The number of amides is 2. The van der Waals surface area contributed by atoms with E-state index in [1.807, 2.05) is 32.0 Å². The van der Waals surface area contributed by atoms with Gasteiger partial charge in [0.05, 0.1) is 25.5 Å². The van der Waals surface area contributed by atoms with E-state index in [4.69, 9.17) is 21.1 Å². The summed E-state index contributed by atoms with van der Waals surface area (Å²) in [4.78, 5) is 28.5. The molecule has 4 rings (SSSR count). The largest absolute Gasteiger partial charge is 0.493 e. The molecule has 0 bridgehead atoms. The Bertz CT molecular complexity index is 1300. The van der Waals surface area contributed by atoms with Crippen molar-refractivity contribution in [1.29, 1.82) is 0 Å². The van der Waals surface area contributed by atoms with Gasteiger partial charge in [0.15, 0.2) is 11.5 Å². The van der Waals surface area contributed by atoms with Gasteiger partial charge in [0.1, 0.15) is 5.70 Å². The van der Waals surface area contributed by atoms with Crippen LogP contribution < -0.4 is 19.7 Å². The first-order valence-corrected chi connectivity index (χ1v) is 10.7. The summed E-state index contributed by atoms with van der Waals surface area (Å²) in [6.45, 7) is 3.76. The van der Waals surface area contributed by atoms with Crippen LogP contribution in [-0.2, 0) is 9.59 Å². The van der Waals surface area contributed by atoms with Crippen LogP contribution in [0, 0.1) is 13.8 Å². The van der Waals surface area contributed by atoms with Crippen molar-refractivity contribution in [3.63, 3.8) is 0 Å². The maximum atomic E-state index is 13.7. The molecule has 6 nitrogen and oxygen atoms in total. The number of nitrogens with zero attached hydrogens (tertiary/aromatic N) is 1. The minimum atomic E-state index is -0.446. The lowest BCUT2D eigenvalue weighted by molar-refractivity contribution is -0.120. The molecule has 168 valence electrons. The first-order valence-electron chi connectivity index (χ1n) is 10.3. The van der Waals surface area contributed by atoms with Crippen LogP contribution >= 0.6 is 11.6 Å². The molecule has 0 saturated carbocycles. The Morgan fingerprint density at radius 2 is 1.55 bits per heavy atom.